The highest BCUT2D eigenvalue weighted by molar-refractivity contribution is 5.16. The molecule has 4 saturated carbocycles. The first-order valence-electron chi connectivity index (χ1n) is 16.9. The quantitative estimate of drug-likeness (QED) is 0.260. The predicted molar refractivity (Wildman–Crippen MR) is 153 cm³/mol. The van der Waals surface area contributed by atoms with Crippen LogP contribution in [0.1, 0.15) is 85.5 Å². The number of rotatable bonds is 3. The van der Waals surface area contributed by atoms with E-state index in [1.807, 2.05) is 6.92 Å². The lowest BCUT2D eigenvalue weighted by Crippen LogP contribution is -2.62. The molecule has 0 unspecified atom stereocenters. The van der Waals surface area contributed by atoms with Crippen molar-refractivity contribution < 1.29 is 49.6 Å². The summed E-state index contributed by atoms with van der Waals surface area (Å²) >= 11 is 0. The zero-order valence-corrected chi connectivity index (χ0v) is 26.2. The maximum atomic E-state index is 11.8. The molecule has 6 N–H and O–H groups in total. The molecule has 0 aromatic rings. The van der Waals surface area contributed by atoms with Crippen LogP contribution < -0.4 is 0 Å². The molecule has 0 amide bonds. The number of aliphatic hydroxyl groups is 6. The van der Waals surface area contributed by atoms with Gasteiger partial charge in [-0.15, -0.1) is 0 Å². The minimum absolute atomic E-state index is 0.162. The minimum Gasteiger partial charge on any atom is -0.394 e. The van der Waals surface area contributed by atoms with E-state index in [-0.39, 0.29) is 34.9 Å². The molecule has 1 spiro atoms. The van der Waals surface area contributed by atoms with Gasteiger partial charge < -0.3 is 49.6 Å². The van der Waals surface area contributed by atoms with Crippen LogP contribution in [-0.4, -0.2) is 104 Å². The van der Waals surface area contributed by atoms with E-state index in [1.54, 1.807) is 0 Å². The van der Waals surface area contributed by atoms with Crippen LogP contribution in [0.3, 0.4) is 0 Å². The van der Waals surface area contributed by atoms with Crippen molar-refractivity contribution in [1.29, 1.82) is 0 Å². The Morgan fingerprint density at radius 3 is 2.33 bits per heavy atom. The van der Waals surface area contributed by atoms with Crippen molar-refractivity contribution in [3.63, 3.8) is 0 Å². The summed E-state index contributed by atoms with van der Waals surface area (Å²) in [6, 6.07) is 0. The molecule has 3 saturated heterocycles. The van der Waals surface area contributed by atoms with Gasteiger partial charge in [0.1, 0.15) is 24.4 Å². The number of hydrogen-bond acceptors (Lipinski definition) is 10. The van der Waals surface area contributed by atoms with Gasteiger partial charge in [0, 0.05) is 18.8 Å². The molecule has 0 radical (unpaired) electrons. The third-order valence-electron chi connectivity index (χ3n) is 14.2. The van der Waals surface area contributed by atoms with E-state index in [0.29, 0.717) is 43.1 Å². The Morgan fingerprint density at radius 1 is 0.860 bits per heavy atom. The third-order valence-corrected chi connectivity index (χ3v) is 14.2. The highest BCUT2D eigenvalue weighted by Crippen LogP contribution is 2.71. The van der Waals surface area contributed by atoms with Crippen molar-refractivity contribution in [1.82, 2.24) is 0 Å². The molecular weight excluding hydrogens is 556 g/mol. The maximum Gasteiger partial charge on any atom is 0.186 e. The van der Waals surface area contributed by atoms with E-state index in [9.17, 15) is 30.6 Å². The van der Waals surface area contributed by atoms with Crippen LogP contribution in [0.4, 0.5) is 0 Å². The largest absolute Gasteiger partial charge is 0.394 e. The van der Waals surface area contributed by atoms with Crippen LogP contribution in [0, 0.1) is 46.3 Å². The Balaban J connectivity index is 1.05. The van der Waals surface area contributed by atoms with Gasteiger partial charge in [-0.3, -0.25) is 0 Å². The topological polar surface area (TPSA) is 158 Å². The van der Waals surface area contributed by atoms with Gasteiger partial charge in [-0.1, -0.05) is 20.8 Å². The molecule has 4 aliphatic carbocycles. The van der Waals surface area contributed by atoms with Gasteiger partial charge in [-0.25, -0.2) is 0 Å². The molecule has 0 aromatic carbocycles. The molecule has 0 aromatic heterocycles. The Morgan fingerprint density at radius 2 is 1.63 bits per heavy atom. The van der Waals surface area contributed by atoms with Crippen molar-refractivity contribution >= 4 is 0 Å². The van der Waals surface area contributed by atoms with Crippen molar-refractivity contribution in [3.8, 4) is 0 Å². The predicted octanol–water partition coefficient (Wildman–Crippen LogP) is 1.70. The van der Waals surface area contributed by atoms with Crippen LogP contribution in [0.2, 0.25) is 0 Å². The number of hydrogen-bond donors (Lipinski definition) is 6. The second kappa shape index (κ2) is 10.6. The molecule has 18 atom stereocenters. The first-order valence-corrected chi connectivity index (χ1v) is 16.9. The monoisotopic (exact) mass is 610 g/mol. The lowest BCUT2D eigenvalue weighted by molar-refractivity contribution is -0.320. The highest BCUT2D eigenvalue weighted by Gasteiger charge is 2.70. The van der Waals surface area contributed by atoms with Crippen molar-refractivity contribution in [2.75, 3.05) is 13.2 Å². The summed E-state index contributed by atoms with van der Waals surface area (Å²) in [6.45, 7) is 8.76. The summed E-state index contributed by atoms with van der Waals surface area (Å²) in [4.78, 5) is 0. The smallest absolute Gasteiger partial charge is 0.186 e. The Kier molecular flexibility index (Phi) is 7.66. The van der Waals surface area contributed by atoms with Crippen LogP contribution in [-0.2, 0) is 18.9 Å². The number of aliphatic hydroxyl groups excluding tert-OH is 5. The maximum absolute atomic E-state index is 11.8. The number of fused-ring (bicyclic) bond motifs is 7. The van der Waals surface area contributed by atoms with Gasteiger partial charge in [-0.05, 0) is 92.3 Å². The zero-order chi connectivity index (χ0) is 30.7. The first-order chi connectivity index (χ1) is 20.2. The molecule has 7 aliphatic rings. The summed E-state index contributed by atoms with van der Waals surface area (Å²) in [6.07, 6.45) is 0.658. The Hall–Kier alpha value is -0.400. The molecule has 10 nitrogen and oxygen atoms in total. The van der Waals surface area contributed by atoms with E-state index in [0.717, 1.165) is 44.9 Å². The van der Waals surface area contributed by atoms with Crippen molar-refractivity contribution in [3.05, 3.63) is 0 Å². The van der Waals surface area contributed by atoms with Gasteiger partial charge in [0.05, 0.1) is 37.1 Å². The molecule has 7 fully saturated rings. The molecule has 0 bridgehead atoms. The highest BCUT2D eigenvalue weighted by atomic mass is 16.7. The average Bonchev–Trinajstić information content (AvgIpc) is 3.41. The summed E-state index contributed by atoms with van der Waals surface area (Å²) < 4.78 is 25.0. The Bertz CT molecular complexity index is 1040. The van der Waals surface area contributed by atoms with Gasteiger partial charge in [0.15, 0.2) is 12.1 Å². The van der Waals surface area contributed by atoms with Gasteiger partial charge in [0.25, 0.3) is 0 Å². The normalized spacial score (nSPS) is 61.5. The van der Waals surface area contributed by atoms with E-state index in [2.05, 4.69) is 20.8 Å². The molecule has 10 heteroatoms. The molecular formula is C33H54O10. The van der Waals surface area contributed by atoms with Gasteiger partial charge >= 0.3 is 0 Å². The van der Waals surface area contributed by atoms with E-state index in [4.69, 9.17) is 18.9 Å². The van der Waals surface area contributed by atoms with Crippen LogP contribution in [0.25, 0.3) is 0 Å². The SMILES string of the molecule is C[C@H]1[C@H]2[C@H](C[C@H]3[C@@H]4CC[C@H]5C[C@H](O[C@@H]6O[C@H](CO)[C@@H](O)[C@H](O)[C@H]6O)C[C@@H](O)[C@]5(C)[C@H]4CC[C@]23C)O[C@]12CC[C@@](C)(O)CO2. The second-order valence-electron chi connectivity index (χ2n) is 16.3. The van der Waals surface area contributed by atoms with E-state index < -0.39 is 54.8 Å². The third kappa shape index (κ3) is 4.56. The van der Waals surface area contributed by atoms with E-state index in [1.165, 1.54) is 0 Å². The van der Waals surface area contributed by atoms with Gasteiger partial charge in [-0.2, -0.15) is 0 Å². The number of ether oxygens (including phenoxy) is 4. The fourth-order valence-corrected chi connectivity index (χ4v) is 11.8. The fraction of sp³-hybridized carbons (Fsp3) is 1.00. The van der Waals surface area contributed by atoms with E-state index >= 15 is 0 Å². The van der Waals surface area contributed by atoms with Crippen LogP contribution in [0.5, 0.6) is 0 Å². The first kappa shape index (κ1) is 31.2. The summed E-state index contributed by atoms with van der Waals surface area (Å²) in [5.74, 6) is 1.87. The lowest BCUT2D eigenvalue weighted by Gasteiger charge is -2.62. The average molecular weight is 611 g/mol. The zero-order valence-electron chi connectivity index (χ0n) is 26.2. The summed E-state index contributed by atoms with van der Waals surface area (Å²) in [5, 5.41) is 62.8. The lowest BCUT2D eigenvalue weighted by atomic mass is 9.43. The second-order valence-corrected chi connectivity index (χ2v) is 16.3. The van der Waals surface area contributed by atoms with Gasteiger partial charge in [0.2, 0.25) is 0 Å². The van der Waals surface area contributed by atoms with Crippen molar-refractivity contribution in [2.45, 2.75) is 146 Å². The van der Waals surface area contributed by atoms with Crippen LogP contribution >= 0.6 is 0 Å². The minimum atomic E-state index is -1.48. The Labute approximate surface area is 255 Å². The molecule has 246 valence electrons. The fourth-order valence-electron chi connectivity index (χ4n) is 11.8. The summed E-state index contributed by atoms with van der Waals surface area (Å²) in [5.41, 5.74) is -0.858. The molecule has 43 heavy (non-hydrogen) atoms. The molecule has 7 rings (SSSR count). The van der Waals surface area contributed by atoms with Crippen molar-refractivity contribution in [2.24, 2.45) is 46.3 Å². The summed E-state index contributed by atoms with van der Waals surface area (Å²) in [7, 11) is 0. The standard InChI is InChI=1S/C33H54O10/c1-16-25-22(43-33(16)10-9-30(2,39)15-40-33)13-21-19-6-5-17-11-18(41-29-28(38)27(37)26(36)23(14-34)42-29)12-24(35)32(17,4)20(19)7-8-31(21,25)3/h16-29,34-39H,5-15H2,1-4H3/t16-,17-,18-,19+,20-,21-,22-,23+,24+,25-,26+,27-,28+,29+,30+,31-,32-,33+/m0/s1. The molecule has 3 heterocycles. The van der Waals surface area contributed by atoms with Crippen LogP contribution in [0.15, 0.2) is 0 Å². The molecule has 3 aliphatic heterocycles.